The quantitative estimate of drug-likeness (QED) is 0.928. The number of nitrogens with two attached hydrogens (primary N) is 1. The van der Waals surface area contributed by atoms with Crippen molar-refractivity contribution in [3.8, 4) is 0 Å². The Bertz CT molecular complexity index is 514. The normalized spacial score (nSPS) is 28.5. The van der Waals surface area contributed by atoms with E-state index >= 15 is 0 Å². The fraction of sp³-hybridized carbons (Fsp3) is 0.611. The van der Waals surface area contributed by atoms with Crippen molar-refractivity contribution < 1.29 is 4.79 Å². The number of benzene rings is 1. The fourth-order valence-electron chi connectivity index (χ4n) is 4.01. The molecule has 3 heteroatoms. The number of carbonyl (C=O) groups excluding carboxylic acids is 1. The van der Waals surface area contributed by atoms with Crippen molar-refractivity contribution in [2.24, 2.45) is 17.6 Å². The van der Waals surface area contributed by atoms with Gasteiger partial charge in [-0.05, 0) is 49.1 Å². The first-order valence-corrected chi connectivity index (χ1v) is 8.23. The van der Waals surface area contributed by atoms with Crippen LogP contribution in [0, 0.1) is 18.8 Å². The number of hydrogen-bond donors (Lipinski definition) is 1. The van der Waals surface area contributed by atoms with Gasteiger partial charge in [0.25, 0.3) is 0 Å². The number of aryl methyl sites for hydroxylation is 2. The first kappa shape index (κ1) is 14.6. The van der Waals surface area contributed by atoms with E-state index in [1.165, 1.54) is 24.0 Å². The Morgan fingerprint density at radius 2 is 2.10 bits per heavy atom. The van der Waals surface area contributed by atoms with E-state index in [9.17, 15) is 4.79 Å². The molecule has 1 aromatic rings. The van der Waals surface area contributed by atoms with Crippen molar-refractivity contribution in [3.05, 3.63) is 35.4 Å². The van der Waals surface area contributed by atoms with Crippen LogP contribution in [0.5, 0.6) is 0 Å². The van der Waals surface area contributed by atoms with E-state index in [1.807, 2.05) is 6.07 Å². The van der Waals surface area contributed by atoms with Gasteiger partial charge < -0.3 is 10.6 Å². The molecular weight excluding hydrogens is 260 g/mol. The second-order valence-corrected chi connectivity index (χ2v) is 6.74. The Labute approximate surface area is 127 Å². The highest BCUT2D eigenvalue weighted by molar-refractivity contribution is 5.76. The molecule has 1 aromatic carbocycles. The van der Waals surface area contributed by atoms with Gasteiger partial charge in [0.05, 0.1) is 0 Å². The van der Waals surface area contributed by atoms with Crippen molar-refractivity contribution in [2.75, 3.05) is 13.1 Å². The van der Waals surface area contributed by atoms with Gasteiger partial charge in [0.15, 0.2) is 0 Å². The number of amides is 1. The third-order valence-corrected chi connectivity index (χ3v) is 5.38. The molecule has 0 aromatic heterocycles. The molecule has 0 radical (unpaired) electrons. The van der Waals surface area contributed by atoms with E-state index in [-0.39, 0.29) is 0 Å². The Morgan fingerprint density at radius 1 is 1.29 bits per heavy atom. The average molecular weight is 286 g/mol. The first-order valence-electron chi connectivity index (χ1n) is 8.23. The minimum absolute atomic E-state index is 0.304. The van der Waals surface area contributed by atoms with Gasteiger partial charge in [-0.25, -0.2) is 0 Å². The summed E-state index contributed by atoms with van der Waals surface area (Å²) in [5.74, 6) is 1.50. The van der Waals surface area contributed by atoms with Gasteiger partial charge in [-0.2, -0.15) is 0 Å². The van der Waals surface area contributed by atoms with E-state index in [0.29, 0.717) is 30.2 Å². The van der Waals surface area contributed by atoms with Crippen LogP contribution in [0.1, 0.15) is 36.8 Å². The zero-order valence-electron chi connectivity index (χ0n) is 12.9. The second-order valence-electron chi connectivity index (χ2n) is 6.74. The third-order valence-electron chi connectivity index (χ3n) is 5.38. The lowest BCUT2D eigenvalue weighted by Crippen LogP contribution is -2.38. The summed E-state index contributed by atoms with van der Waals surface area (Å²) in [5.41, 5.74) is 8.80. The largest absolute Gasteiger partial charge is 0.342 e. The summed E-state index contributed by atoms with van der Waals surface area (Å²) in [6.45, 7) is 3.94. The van der Waals surface area contributed by atoms with Crippen molar-refractivity contribution in [2.45, 2.75) is 45.1 Å². The first-order chi connectivity index (χ1) is 10.1. The number of hydrogen-bond acceptors (Lipinski definition) is 2. The molecule has 0 bridgehead atoms. The Kier molecular flexibility index (Phi) is 4.29. The lowest BCUT2D eigenvalue weighted by atomic mass is 9.78. The van der Waals surface area contributed by atoms with Gasteiger partial charge in [0.1, 0.15) is 0 Å². The molecule has 1 saturated carbocycles. The Morgan fingerprint density at radius 3 is 2.86 bits per heavy atom. The summed E-state index contributed by atoms with van der Waals surface area (Å²) in [6, 6.07) is 8.65. The predicted molar refractivity (Wildman–Crippen MR) is 84.9 cm³/mol. The van der Waals surface area contributed by atoms with Gasteiger partial charge in [-0.1, -0.05) is 30.7 Å². The Hall–Kier alpha value is -1.35. The minimum Gasteiger partial charge on any atom is -0.342 e. The van der Waals surface area contributed by atoms with Crippen molar-refractivity contribution >= 4 is 5.91 Å². The molecule has 1 heterocycles. The summed E-state index contributed by atoms with van der Waals surface area (Å²) in [7, 11) is 0. The third kappa shape index (κ3) is 3.13. The lowest BCUT2D eigenvalue weighted by molar-refractivity contribution is -0.130. The highest BCUT2D eigenvalue weighted by Gasteiger charge is 2.40. The van der Waals surface area contributed by atoms with Crippen molar-refractivity contribution in [1.29, 1.82) is 0 Å². The zero-order chi connectivity index (χ0) is 14.8. The Balaban J connectivity index is 1.56. The number of carbonyl (C=O) groups is 1. The molecule has 3 unspecified atom stereocenters. The molecular formula is C18H26N2O. The molecule has 3 nitrogen and oxygen atoms in total. The smallest absolute Gasteiger partial charge is 0.222 e. The van der Waals surface area contributed by atoms with E-state index < -0.39 is 0 Å². The van der Waals surface area contributed by atoms with Crippen LogP contribution in [0.15, 0.2) is 24.3 Å². The summed E-state index contributed by atoms with van der Waals surface area (Å²) >= 11 is 0. The van der Waals surface area contributed by atoms with Gasteiger partial charge in [-0.15, -0.1) is 0 Å². The number of fused-ring (bicyclic) bond motifs is 1. The van der Waals surface area contributed by atoms with Crippen molar-refractivity contribution in [3.63, 3.8) is 0 Å². The van der Waals surface area contributed by atoms with E-state index in [0.717, 1.165) is 25.9 Å². The monoisotopic (exact) mass is 286 g/mol. The van der Waals surface area contributed by atoms with Crippen LogP contribution in [0.2, 0.25) is 0 Å². The molecule has 1 amide bonds. The van der Waals surface area contributed by atoms with Gasteiger partial charge in [0.2, 0.25) is 5.91 Å². The maximum absolute atomic E-state index is 12.5. The highest BCUT2D eigenvalue weighted by atomic mass is 16.2. The summed E-state index contributed by atoms with van der Waals surface area (Å²) < 4.78 is 0. The molecule has 1 saturated heterocycles. The minimum atomic E-state index is 0.304. The number of likely N-dealkylation sites (tertiary alicyclic amines) is 1. The maximum atomic E-state index is 12.5. The molecule has 1 aliphatic heterocycles. The van der Waals surface area contributed by atoms with Gasteiger partial charge in [0, 0.05) is 25.6 Å². The van der Waals surface area contributed by atoms with E-state index in [2.05, 4.69) is 30.0 Å². The summed E-state index contributed by atoms with van der Waals surface area (Å²) in [5, 5.41) is 0. The molecule has 2 aliphatic rings. The van der Waals surface area contributed by atoms with Crippen LogP contribution in [-0.4, -0.2) is 29.9 Å². The molecule has 21 heavy (non-hydrogen) atoms. The molecule has 114 valence electrons. The molecule has 3 rings (SSSR count). The van der Waals surface area contributed by atoms with Crippen LogP contribution in [0.4, 0.5) is 0 Å². The maximum Gasteiger partial charge on any atom is 0.222 e. The SMILES string of the molecule is Cc1ccccc1CCC(=O)N1CC2CCCC(N)C2C1. The van der Waals surface area contributed by atoms with Gasteiger partial charge >= 0.3 is 0 Å². The molecule has 1 aliphatic carbocycles. The average Bonchev–Trinajstić information content (AvgIpc) is 2.92. The van der Waals surface area contributed by atoms with Crippen molar-refractivity contribution in [1.82, 2.24) is 4.90 Å². The van der Waals surface area contributed by atoms with Gasteiger partial charge in [-0.3, -0.25) is 4.79 Å². The van der Waals surface area contributed by atoms with Crippen LogP contribution < -0.4 is 5.73 Å². The van der Waals surface area contributed by atoms with E-state index in [4.69, 9.17) is 5.73 Å². The predicted octanol–water partition coefficient (Wildman–Crippen LogP) is 2.51. The highest BCUT2D eigenvalue weighted by Crippen LogP contribution is 2.35. The summed E-state index contributed by atoms with van der Waals surface area (Å²) in [4.78, 5) is 14.5. The fourth-order valence-corrected chi connectivity index (χ4v) is 4.01. The number of nitrogens with zero attached hydrogens (tertiary/aromatic N) is 1. The standard InChI is InChI=1S/C18H26N2O/c1-13-5-2-3-6-14(13)9-10-18(21)20-11-15-7-4-8-17(19)16(15)12-20/h2-3,5-6,15-17H,4,7-12,19H2,1H3. The van der Waals surface area contributed by atoms with Crippen LogP contribution in [0.25, 0.3) is 0 Å². The van der Waals surface area contributed by atoms with Crippen LogP contribution in [-0.2, 0) is 11.2 Å². The molecule has 0 spiro atoms. The lowest BCUT2D eigenvalue weighted by Gasteiger charge is -2.29. The topological polar surface area (TPSA) is 46.3 Å². The second kappa shape index (κ2) is 6.18. The summed E-state index contributed by atoms with van der Waals surface area (Å²) in [6.07, 6.45) is 5.09. The molecule has 3 atom stereocenters. The molecule has 2 fully saturated rings. The molecule has 2 N–H and O–H groups in total. The zero-order valence-corrected chi connectivity index (χ0v) is 12.9. The number of rotatable bonds is 3. The van der Waals surface area contributed by atoms with Crippen LogP contribution in [0.3, 0.4) is 0 Å². The van der Waals surface area contributed by atoms with E-state index in [1.54, 1.807) is 0 Å². The van der Waals surface area contributed by atoms with Crippen LogP contribution >= 0.6 is 0 Å².